The van der Waals surface area contributed by atoms with Crippen LogP contribution < -0.4 is 10.2 Å². The van der Waals surface area contributed by atoms with Crippen LogP contribution in [0.1, 0.15) is 11.1 Å². The molecule has 1 aliphatic rings. The Morgan fingerprint density at radius 3 is 2.45 bits per heavy atom. The van der Waals surface area contributed by atoms with Crippen molar-refractivity contribution in [1.82, 2.24) is 15.2 Å². The number of benzene rings is 3. The number of nitrogens with zero attached hydrogens (tertiary/aromatic N) is 3. The molecule has 0 atom stereocenters. The molecule has 4 rings (SSSR count). The predicted octanol–water partition coefficient (Wildman–Crippen LogP) is 3.12. The van der Waals surface area contributed by atoms with Crippen molar-refractivity contribution < 1.29 is 9.53 Å². The second-order valence-electron chi connectivity index (χ2n) is 7.73. The number of carbonyl (C=O) groups excluding carboxylic acids is 1. The van der Waals surface area contributed by atoms with Gasteiger partial charge >= 0.3 is 0 Å². The number of rotatable bonds is 7. The largest absolute Gasteiger partial charge is 0.496 e. The van der Waals surface area contributed by atoms with E-state index < -0.39 is 0 Å². The Bertz CT molecular complexity index is 1040. The zero-order valence-electron chi connectivity index (χ0n) is 17.8. The summed E-state index contributed by atoms with van der Waals surface area (Å²) >= 11 is 0. The highest BCUT2D eigenvalue weighted by Gasteiger charge is 2.18. The molecule has 6 heteroatoms. The molecule has 0 bridgehead atoms. The lowest BCUT2D eigenvalue weighted by Crippen LogP contribution is -2.48. The van der Waals surface area contributed by atoms with Crippen molar-refractivity contribution in [3.8, 4) is 5.75 Å². The van der Waals surface area contributed by atoms with E-state index >= 15 is 0 Å². The maximum absolute atomic E-state index is 12.4. The molecule has 1 aliphatic heterocycles. The van der Waals surface area contributed by atoms with E-state index in [1.165, 1.54) is 5.56 Å². The summed E-state index contributed by atoms with van der Waals surface area (Å²) in [6, 6.07) is 22.5. The molecule has 1 saturated heterocycles. The molecule has 0 aliphatic carbocycles. The van der Waals surface area contributed by atoms with Crippen LogP contribution in [0.2, 0.25) is 0 Å². The topological polar surface area (TPSA) is 57.2 Å². The second-order valence-corrected chi connectivity index (χ2v) is 7.73. The van der Waals surface area contributed by atoms with Gasteiger partial charge in [-0.15, -0.1) is 0 Å². The van der Waals surface area contributed by atoms with Crippen LogP contribution in [0.25, 0.3) is 10.8 Å². The average molecular weight is 417 g/mol. The Morgan fingerprint density at radius 1 is 0.968 bits per heavy atom. The number of hydrogen-bond acceptors (Lipinski definition) is 5. The maximum Gasteiger partial charge on any atom is 0.254 e. The predicted molar refractivity (Wildman–Crippen MR) is 124 cm³/mol. The van der Waals surface area contributed by atoms with Crippen LogP contribution in [0, 0.1) is 0 Å². The van der Waals surface area contributed by atoms with Gasteiger partial charge in [-0.25, -0.2) is 5.43 Å². The summed E-state index contributed by atoms with van der Waals surface area (Å²) in [5, 5.41) is 6.33. The Kier molecular flexibility index (Phi) is 6.92. The summed E-state index contributed by atoms with van der Waals surface area (Å²) < 4.78 is 5.47. The lowest BCUT2D eigenvalue weighted by molar-refractivity contribution is -0.122. The van der Waals surface area contributed by atoms with Gasteiger partial charge in [0, 0.05) is 38.3 Å². The molecule has 0 aromatic heterocycles. The molecule has 0 unspecified atom stereocenters. The van der Waals surface area contributed by atoms with Gasteiger partial charge in [0.05, 0.1) is 19.9 Å². The van der Waals surface area contributed by atoms with Crippen LogP contribution in [0.5, 0.6) is 5.75 Å². The molecule has 0 spiro atoms. The normalized spacial score (nSPS) is 15.4. The number of hydrogen-bond donors (Lipinski definition) is 1. The van der Waals surface area contributed by atoms with Gasteiger partial charge in [-0.2, -0.15) is 5.10 Å². The van der Waals surface area contributed by atoms with Crippen molar-refractivity contribution in [2.45, 2.75) is 6.54 Å². The number of piperazine rings is 1. The molecule has 1 heterocycles. The van der Waals surface area contributed by atoms with Crippen molar-refractivity contribution in [1.29, 1.82) is 0 Å². The summed E-state index contributed by atoms with van der Waals surface area (Å²) in [6.07, 6.45) is 1.66. The number of carbonyl (C=O) groups is 1. The maximum atomic E-state index is 12.4. The van der Waals surface area contributed by atoms with Gasteiger partial charge < -0.3 is 4.74 Å². The Balaban J connectivity index is 1.28. The summed E-state index contributed by atoms with van der Waals surface area (Å²) in [7, 11) is 1.64. The molecule has 6 nitrogen and oxygen atoms in total. The van der Waals surface area contributed by atoms with Crippen LogP contribution in [-0.4, -0.2) is 61.8 Å². The molecule has 0 radical (unpaired) electrons. The van der Waals surface area contributed by atoms with Gasteiger partial charge in [-0.05, 0) is 22.4 Å². The van der Waals surface area contributed by atoms with Crippen LogP contribution >= 0.6 is 0 Å². The minimum Gasteiger partial charge on any atom is -0.496 e. The fourth-order valence-corrected chi connectivity index (χ4v) is 3.94. The Labute approximate surface area is 183 Å². The first-order valence-corrected chi connectivity index (χ1v) is 10.6. The highest BCUT2D eigenvalue weighted by molar-refractivity contribution is 6.02. The first-order chi connectivity index (χ1) is 15.2. The van der Waals surface area contributed by atoms with Crippen molar-refractivity contribution in [3.63, 3.8) is 0 Å². The molecule has 0 saturated carbocycles. The van der Waals surface area contributed by atoms with Crippen LogP contribution in [-0.2, 0) is 11.3 Å². The monoisotopic (exact) mass is 416 g/mol. The first kappa shape index (κ1) is 21.0. The SMILES string of the molecule is COc1ccc2ccccc2c1C=NNC(=O)CN1CCN(Cc2ccccc2)CC1. The quantitative estimate of drug-likeness (QED) is 0.475. The number of fused-ring (bicyclic) bond motifs is 1. The zero-order valence-corrected chi connectivity index (χ0v) is 17.8. The third-order valence-electron chi connectivity index (χ3n) is 5.61. The smallest absolute Gasteiger partial charge is 0.254 e. The van der Waals surface area contributed by atoms with E-state index in [2.05, 4.69) is 44.6 Å². The summed E-state index contributed by atoms with van der Waals surface area (Å²) in [4.78, 5) is 17.0. The van der Waals surface area contributed by atoms with Crippen molar-refractivity contribution in [2.24, 2.45) is 5.10 Å². The van der Waals surface area contributed by atoms with Gasteiger partial charge in [0.1, 0.15) is 5.75 Å². The van der Waals surface area contributed by atoms with Gasteiger partial charge in [0.15, 0.2) is 0 Å². The average Bonchev–Trinajstić information content (AvgIpc) is 2.81. The molecule has 160 valence electrons. The van der Waals surface area contributed by atoms with Gasteiger partial charge in [0.25, 0.3) is 5.91 Å². The standard InChI is InChI=1S/C25H28N4O2/c1-31-24-12-11-21-9-5-6-10-22(21)23(24)17-26-27-25(30)19-29-15-13-28(14-16-29)18-20-7-3-2-4-8-20/h2-12,17H,13-16,18-19H2,1H3,(H,27,30). The number of methoxy groups -OCH3 is 1. The molecule has 3 aromatic carbocycles. The number of hydrazone groups is 1. The van der Waals surface area contributed by atoms with Crippen LogP contribution in [0.4, 0.5) is 0 Å². The van der Waals surface area contributed by atoms with Crippen molar-refractivity contribution in [3.05, 3.63) is 77.9 Å². The lowest BCUT2D eigenvalue weighted by Gasteiger charge is -2.34. The molecular weight excluding hydrogens is 388 g/mol. The summed E-state index contributed by atoms with van der Waals surface area (Å²) in [5.74, 6) is 0.623. The Morgan fingerprint density at radius 2 is 1.68 bits per heavy atom. The van der Waals surface area contributed by atoms with Crippen molar-refractivity contribution in [2.75, 3.05) is 39.8 Å². The van der Waals surface area contributed by atoms with E-state index in [1.54, 1.807) is 13.3 Å². The molecule has 1 fully saturated rings. The summed E-state index contributed by atoms with van der Waals surface area (Å²) in [5.41, 5.74) is 4.85. The van der Waals surface area contributed by atoms with E-state index in [0.29, 0.717) is 6.54 Å². The minimum absolute atomic E-state index is 0.105. The van der Waals surface area contributed by atoms with Gasteiger partial charge in [-0.1, -0.05) is 60.7 Å². The van der Waals surface area contributed by atoms with E-state index in [4.69, 9.17) is 4.74 Å². The van der Waals surface area contributed by atoms with Crippen LogP contribution in [0.3, 0.4) is 0 Å². The molecule has 1 amide bonds. The Hall–Kier alpha value is -3.22. The van der Waals surface area contributed by atoms with E-state index in [1.807, 2.05) is 42.5 Å². The molecular formula is C25H28N4O2. The third-order valence-corrected chi connectivity index (χ3v) is 5.61. The molecule has 3 aromatic rings. The van der Waals surface area contributed by atoms with Gasteiger partial charge in [-0.3, -0.25) is 14.6 Å². The number of ether oxygens (including phenoxy) is 1. The molecule has 31 heavy (non-hydrogen) atoms. The van der Waals surface area contributed by atoms with Gasteiger partial charge in [0.2, 0.25) is 0 Å². The first-order valence-electron chi connectivity index (χ1n) is 10.6. The third kappa shape index (κ3) is 5.48. The van der Waals surface area contributed by atoms with Crippen molar-refractivity contribution >= 4 is 22.9 Å². The fourth-order valence-electron chi connectivity index (χ4n) is 3.94. The second kappa shape index (κ2) is 10.2. The van der Waals surface area contributed by atoms with Crippen LogP contribution in [0.15, 0.2) is 71.8 Å². The fraction of sp³-hybridized carbons (Fsp3) is 0.280. The lowest BCUT2D eigenvalue weighted by atomic mass is 10.0. The highest BCUT2D eigenvalue weighted by Crippen LogP contribution is 2.26. The number of nitrogens with one attached hydrogen (secondary N) is 1. The van der Waals surface area contributed by atoms with E-state index in [0.717, 1.165) is 54.8 Å². The highest BCUT2D eigenvalue weighted by atomic mass is 16.5. The summed E-state index contributed by atoms with van der Waals surface area (Å²) in [6.45, 7) is 4.97. The minimum atomic E-state index is -0.105. The van der Waals surface area contributed by atoms with E-state index in [9.17, 15) is 4.79 Å². The molecule has 1 N–H and O–H groups in total. The van der Waals surface area contributed by atoms with E-state index in [-0.39, 0.29) is 5.91 Å². The zero-order chi connectivity index (χ0) is 21.5. The number of amides is 1.